The smallest absolute Gasteiger partial charge is 0.183 e. The molecule has 1 aromatic heterocycles. The van der Waals surface area contributed by atoms with Crippen molar-refractivity contribution in [3.8, 4) is 11.4 Å². The monoisotopic (exact) mass is 323 g/mol. The molecule has 5 nitrogen and oxygen atoms in total. The maximum absolute atomic E-state index is 5.91. The van der Waals surface area contributed by atoms with Gasteiger partial charge in [0.2, 0.25) is 0 Å². The van der Waals surface area contributed by atoms with Gasteiger partial charge in [0.1, 0.15) is 0 Å². The van der Waals surface area contributed by atoms with Gasteiger partial charge < -0.3 is 5.73 Å². The molecule has 0 spiro atoms. The number of benzene rings is 1. The summed E-state index contributed by atoms with van der Waals surface area (Å²) in [6, 6.07) is 6.00. The van der Waals surface area contributed by atoms with E-state index in [-0.39, 0.29) is 6.04 Å². The Morgan fingerprint density at radius 1 is 1.42 bits per heavy atom. The topological polar surface area (TPSA) is 69.6 Å². The van der Waals surface area contributed by atoms with Crippen LogP contribution < -0.4 is 5.73 Å². The quantitative estimate of drug-likeness (QED) is 0.856. The van der Waals surface area contributed by atoms with E-state index in [0.717, 1.165) is 22.3 Å². The highest BCUT2D eigenvalue weighted by Crippen LogP contribution is 2.32. The fraction of sp³-hybridized carbons (Fsp3) is 0.462. The molecule has 2 rings (SSSR count). The summed E-state index contributed by atoms with van der Waals surface area (Å²) in [6.07, 6.45) is 3.40. The Morgan fingerprint density at radius 2 is 2.21 bits per heavy atom. The molecule has 0 aliphatic rings. The zero-order valence-corrected chi connectivity index (χ0v) is 12.8. The summed E-state index contributed by atoms with van der Waals surface area (Å²) in [5.41, 5.74) is 7.52. The maximum atomic E-state index is 5.91. The first-order valence-corrected chi connectivity index (χ1v) is 7.26. The van der Waals surface area contributed by atoms with Crippen LogP contribution in [0.4, 0.5) is 5.69 Å². The van der Waals surface area contributed by atoms with E-state index in [4.69, 9.17) is 5.73 Å². The lowest BCUT2D eigenvalue weighted by atomic mass is 10.1. The molecule has 1 aromatic carbocycles. The van der Waals surface area contributed by atoms with Crippen molar-refractivity contribution in [3.63, 3.8) is 0 Å². The fourth-order valence-corrected chi connectivity index (χ4v) is 2.45. The molecule has 0 radical (unpaired) electrons. The summed E-state index contributed by atoms with van der Waals surface area (Å²) >= 11 is 3.50. The molecule has 1 heterocycles. The van der Waals surface area contributed by atoms with Gasteiger partial charge in [-0.2, -0.15) is 0 Å². The van der Waals surface area contributed by atoms with Gasteiger partial charge in [-0.3, -0.25) is 0 Å². The van der Waals surface area contributed by atoms with Gasteiger partial charge in [-0.25, -0.2) is 4.68 Å². The number of anilines is 1. The molecule has 2 aromatic rings. The normalized spacial score (nSPS) is 12.6. The first-order valence-electron chi connectivity index (χ1n) is 6.47. The predicted octanol–water partition coefficient (Wildman–Crippen LogP) is 3.44. The van der Waals surface area contributed by atoms with Crippen molar-refractivity contribution in [2.24, 2.45) is 0 Å². The van der Waals surface area contributed by atoms with Gasteiger partial charge in [-0.1, -0.05) is 25.8 Å². The Hall–Kier alpha value is -1.43. The van der Waals surface area contributed by atoms with Gasteiger partial charge >= 0.3 is 0 Å². The van der Waals surface area contributed by atoms with Crippen molar-refractivity contribution < 1.29 is 0 Å². The Kier molecular flexibility index (Phi) is 4.52. The zero-order chi connectivity index (χ0) is 13.8. The number of unbranched alkanes of at least 4 members (excludes halogenated alkanes) is 1. The number of hydrogen-bond donors (Lipinski definition) is 1. The predicted molar refractivity (Wildman–Crippen MR) is 79.6 cm³/mol. The van der Waals surface area contributed by atoms with Crippen LogP contribution in [-0.4, -0.2) is 20.2 Å². The lowest BCUT2D eigenvalue weighted by Gasteiger charge is -2.14. The standard InChI is InChI=1S/C13H18BrN5/c1-3-4-6-9(2)19-13(16-17-18-19)10-7-5-8-11(15)12(10)14/h5,7-9H,3-4,6,15H2,1-2H3. The van der Waals surface area contributed by atoms with Crippen molar-refractivity contribution in [1.82, 2.24) is 20.2 Å². The van der Waals surface area contributed by atoms with E-state index >= 15 is 0 Å². The average Bonchev–Trinajstić information content (AvgIpc) is 2.88. The minimum atomic E-state index is 0.276. The van der Waals surface area contributed by atoms with Crippen LogP contribution in [0.3, 0.4) is 0 Å². The second-order valence-corrected chi connectivity index (χ2v) is 5.44. The molecule has 102 valence electrons. The van der Waals surface area contributed by atoms with Crippen molar-refractivity contribution in [2.75, 3.05) is 5.73 Å². The highest BCUT2D eigenvalue weighted by atomic mass is 79.9. The third-order valence-electron chi connectivity index (χ3n) is 3.16. The third-order valence-corrected chi connectivity index (χ3v) is 4.04. The minimum absolute atomic E-state index is 0.276. The SMILES string of the molecule is CCCCC(C)n1nnnc1-c1cccc(N)c1Br. The molecule has 0 fully saturated rings. The molecule has 0 bridgehead atoms. The second-order valence-electron chi connectivity index (χ2n) is 4.65. The van der Waals surface area contributed by atoms with Gasteiger partial charge in [0.15, 0.2) is 5.82 Å². The molecule has 0 amide bonds. The van der Waals surface area contributed by atoms with Gasteiger partial charge in [-0.15, -0.1) is 5.10 Å². The summed E-state index contributed by atoms with van der Waals surface area (Å²) in [5, 5.41) is 12.0. The summed E-state index contributed by atoms with van der Waals surface area (Å²) in [7, 11) is 0. The van der Waals surface area contributed by atoms with Gasteiger partial charge in [0.05, 0.1) is 10.5 Å². The summed E-state index contributed by atoms with van der Waals surface area (Å²) in [4.78, 5) is 0. The van der Waals surface area contributed by atoms with E-state index in [2.05, 4.69) is 45.3 Å². The Balaban J connectivity index is 2.36. The highest BCUT2D eigenvalue weighted by Gasteiger charge is 2.17. The Bertz CT molecular complexity index is 552. The van der Waals surface area contributed by atoms with Crippen LogP contribution in [-0.2, 0) is 0 Å². The number of aromatic nitrogens is 4. The van der Waals surface area contributed by atoms with Crippen molar-refractivity contribution in [1.29, 1.82) is 0 Å². The second kappa shape index (κ2) is 6.14. The molecule has 2 N–H and O–H groups in total. The molecule has 1 atom stereocenters. The summed E-state index contributed by atoms with van der Waals surface area (Å²) in [6.45, 7) is 4.32. The van der Waals surface area contributed by atoms with Crippen LogP contribution in [0.25, 0.3) is 11.4 Å². The highest BCUT2D eigenvalue weighted by molar-refractivity contribution is 9.10. The Morgan fingerprint density at radius 3 is 2.95 bits per heavy atom. The number of nitrogens with zero attached hydrogens (tertiary/aromatic N) is 4. The van der Waals surface area contributed by atoms with E-state index in [9.17, 15) is 0 Å². The van der Waals surface area contributed by atoms with Crippen LogP contribution >= 0.6 is 15.9 Å². The maximum Gasteiger partial charge on any atom is 0.183 e. The van der Waals surface area contributed by atoms with Gasteiger partial charge in [-0.05, 0) is 51.8 Å². The van der Waals surface area contributed by atoms with E-state index in [1.54, 1.807) is 0 Å². The number of halogens is 1. The first-order chi connectivity index (χ1) is 9.15. The number of hydrogen-bond acceptors (Lipinski definition) is 4. The minimum Gasteiger partial charge on any atom is -0.398 e. The largest absolute Gasteiger partial charge is 0.398 e. The number of rotatable bonds is 5. The fourth-order valence-electron chi connectivity index (χ4n) is 2.01. The molecule has 0 saturated heterocycles. The average molecular weight is 324 g/mol. The molecule has 6 heteroatoms. The third kappa shape index (κ3) is 2.94. The molecular formula is C13H18BrN5. The van der Waals surface area contributed by atoms with E-state index < -0.39 is 0 Å². The zero-order valence-electron chi connectivity index (χ0n) is 11.2. The van der Waals surface area contributed by atoms with E-state index in [0.29, 0.717) is 5.69 Å². The number of nitrogens with two attached hydrogens (primary N) is 1. The van der Waals surface area contributed by atoms with Crippen molar-refractivity contribution in [3.05, 3.63) is 22.7 Å². The van der Waals surface area contributed by atoms with Crippen LogP contribution in [0.15, 0.2) is 22.7 Å². The Labute approximate surface area is 121 Å². The van der Waals surface area contributed by atoms with Crippen LogP contribution in [0.5, 0.6) is 0 Å². The van der Waals surface area contributed by atoms with Crippen molar-refractivity contribution in [2.45, 2.75) is 39.2 Å². The van der Waals surface area contributed by atoms with E-state index in [1.165, 1.54) is 12.8 Å². The number of nitrogen functional groups attached to an aromatic ring is 1. The van der Waals surface area contributed by atoms with Crippen molar-refractivity contribution >= 4 is 21.6 Å². The van der Waals surface area contributed by atoms with Crippen LogP contribution in [0.1, 0.15) is 39.2 Å². The van der Waals surface area contributed by atoms with Gasteiger partial charge in [0, 0.05) is 11.3 Å². The first kappa shape index (κ1) is 14.0. The van der Waals surface area contributed by atoms with Crippen LogP contribution in [0, 0.1) is 0 Å². The van der Waals surface area contributed by atoms with Crippen LogP contribution in [0.2, 0.25) is 0 Å². The molecule has 19 heavy (non-hydrogen) atoms. The molecular weight excluding hydrogens is 306 g/mol. The molecule has 0 aliphatic heterocycles. The summed E-state index contributed by atoms with van der Waals surface area (Å²) < 4.78 is 2.71. The molecule has 1 unspecified atom stereocenters. The lowest BCUT2D eigenvalue weighted by Crippen LogP contribution is -2.09. The summed E-state index contributed by atoms with van der Waals surface area (Å²) in [5.74, 6) is 0.753. The molecule has 0 aliphatic carbocycles. The molecule has 0 saturated carbocycles. The van der Waals surface area contributed by atoms with Gasteiger partial charge in [0.25, 0.3) is 0 Å². The van der Waals surface area contributed by atoms with E-state index in [1.807, 2.05) is 22.9 Å². The lowest BCUT2D eigenvalue weighted by molar-refractivity contribution is 0.437. The number of tetrazole rings is 1.